The third kappa shape index (κ3) is 4.84. The molecule has 3 N–H and O–H groups in total. The lowest BCUT2D eigenvalue weighted by molar-refractivity contribution is -0.158. The Morgan fingerprint density at radius 3 is 2.56 bits per heavy atom. The van der Waals surface area contributed by atoms with Gasteiger partial charge in [-0.1, -0.05) is 56.1 Å². The maximum atomic E-state index is 14.8. The summed E-state index contributed by atoms with van der Waals surface area (Å²) in [6.45, 7) is 8.48. The van der Waals surface area contributed by atoms with Crippen molar-refractivity contribution in [2.75, 3.05) is 12.3 Å². The van der Waals surface area contributed by atoms with E-state index in [0.29, 0.717) is 38.6 Å². The first-order valence-electron chi connectivity index (χ1n) is 12.7. The molecule has 3 aliphatic rings. The molecule has 11 heteroatoms. The normalized spacial score (nSPS) is 26.3. The number of benzene rings is 2. The fourth-order valence-corrected chi connectivity index (χ4v) is 7.04. The maximum Gasteiger partial charge on any atom is 0.354 e. The number of amidine groups is 1. The molecule has 0 amide bonds. The van der Waals surface area contributed by atoms with Crippen LogP contribution in [-0.2, 0) is 19.9 Å². The second-order valence-corrected chi connectivity index (χ2v) is 12.4. The minimum absolute atomic E-state index is 0.00304. The summed E-state index contributed by atoms with van der Waals surface area (Å²) in [6.07, 6.45) is 0.834. The van der Waals surface area contributed by atoms with Gasteiger partial charge in [-0.25, -0.2) is 19.0 Å². The smallest absolute Gasteiger partial charge is 0.354 e. The van der Waals surface area contributed by atoms with Crippen molar-refractivity contribution in [1.29, 1.82) is 0 Å². The Morgan fingerprint density at radius 2 is 1.95 bits per heavy atom. The zero-order chi connectivity index (χ0) is 28.2. The summed E-state index contributed by atoms with van der Waals surface area (Å²) in [5.41, 5.74) is 7.66. The number of aliphatic imine (C=N–C) groups is 1. The summed E-state index contributed by atoms with van der Waals surface area (Å²) < 4.78 is 20.1. The summed E-state index contributed by atoms with van der Waals surface area (Å²) >= 11 is 13.4. The number of thioether (sulfide) groups is 1. The van der Waals surface area contributed by atoms with Gasteiger partial charge in [-0.3, -0.25) is 0 Å². The quantitative estimate of drug-likeness (QED) is 0.249. The zero-order valence-corrected chi connectivity index (χ0v) is 24.3. The Labute approximate surface area is 240 Å². The number of anilines is 1. The number of carbonyl (C=O) groups is 2. The van der Waals surface area contributed by atoms with Crippen LogP contribution in [-0.4, -0.2) is 34.6 Å². The first-order valence-corrected chi connectivity index (χ1v) is 14.3. The van der Waals surface area contributed by atoms with Crippen LogP contribution < -0.4 is 11.1 Å². The second kappa shape index (κ2) is 10.4. The molecule has 0 aliphatic carbocycles. The molecule has 5 rings (SSSR count). The van der Waals surface area contributed by atoms with Gasteiger partial charge in [-0.2, -0.15) is 0 Å². The Balaban J connectivity index is 1.59. The van der Waals surface area contributed by atoms with Crippen LogP contribution in [0, 0.1) is 17.7 Å². The van der Waals surface area contributed by atoms with E-state index in [9.17, 15) is 14.0 Å². The molecule has 206 valence electrons. The lowest BCUT2D eigenvalue weighted by atomic mass is 9.81. The molecule has 0 aromatic heterocycles. The predicted octanol–water partition coefficient (Wildman–Crippen LogP) is 6.03. The van der Waals surface area contributed by atoms with E-state index >= 15 is 0 Å². The molecule has 0 saturated carbocycles. The highest BCUT2D eigenvalue weighted by Crippen LogP contribution is 2.56. The third-order valence-electron chi connectivity index (χ3n) is 7.56. The summed E-state index contributed by atoms with van der Waals surface area (Å²) in [5, 5.41) is 4.07. The largest absolute Gasteiger partial charge is 0.398 e. The molecule has 0 unspecified atom stereocenters. The Morgan fingerprint density at radius 1 is 1.23 bits per heavy atom. The van der Waals surface area contributed by atoms with Crippen molar-refractivity contribution in [3.8, 4) is 0 Å². The monoisotopic (exact) mass is 590 g/mol. The first-order chi connectivity index (χ1) is 18.4. The molecule has 1 fully saturated rings. The Bertz CT molecular complexity index is 1430. The molecule has 2 aromatic carbocycles. The SMILES string of the molecule is CC(C)C1=C(C(=O)OC(=O)[C@H]2NCC[C@H]2C)SC2=N[C@@](C)(c3ccc(Cl)c(N)c3)[C@@H](c3ccc(Cl)c(F)c3)N21. The second-order valence-electron chi connectivity index (χ2n) is 10.6. The van der Waals surface area contributed by atoms with Crippen LogP contribution in [0.15, 0.2) is 52.0 Å². The fourth-order valence-electron chi connectivity index (χ4n) is 5.52. The number of hydrogen-bond acceptors (Lipinski definition) is 8. The van der Waals surface area contributed by atoms with Crippen LogP contribution >= 0.6 is 35.0 Å². The van der Waals surface area contributed by atoms with Crippen molar-refractivity contribution in [3.63, 3.8) is 0 Å². The van der Waals surface area contributed by atoms with E-state index in [1.54, 1.807) is 18.2 Å². The minimum atomic E-state index is -0.921. The molecule has 3 heterocycles. The van der Waals surface area contributed by atoms with Crippen LogP contribution in [0.5, 0.6) is 0 Å². The molecule has 1 saturated heterocycles. The van der Waals surface area contributed by atoms with Gasteiger partial charge in [-0.05, 0) is 78.9 Å². The predicted molar refractivity (Wildman–Crippen MR) is 153 cm³/mol. The number of nitrogens with two attached hydrogens (primary N) is 1. The van der Waals surface area contributed by atoms with Crippen LogP contribution in [0.4, 0.5) is 10.1 Å². The molecule has 3 aliphatic heterocycles. The standard InChI is InChI=1S/C28H29Cl2FN4O3S/c1-13(2)22-23(26(37)38-25(36)21-14(3)9-10-33-21)39-27-34-28(4,16-6-8-18(30)20(32)12-16)24(35(22)27)15-5-7-17(29)19(31)11-15/h5-8,11-14,21,24,33H,9-10,32H2,1-4H3/t14-,21+,24-,28+/m1/s1. The first kappa shape index (κ1) is 28.0. The highest BCUT2D eigenvalue weighted by molar-refractivity contribution is 8.18. The van der Waals surface area contributed by atoms with Gasteiger partial charge in [0.05, 0.1) is 21.8 Å². The van der Waals surface area contributed by atoms with Gasteiger partial charge in [0.15, 0.2) is 5.17 Å². The Kier molecular flexibility index (Phi) is 7.47. The van der Waals surface area contributed by atoms with E-state index < -0.39 is 35.4 Å². The highest BCUT2D eigenvalue weighted by atomic mass is 35.5. The van der Waals surface area contributed by atoms with E-state index in [1.165, 1.54) is 12.1 Å². The van der Waals surface area contributed by atoms with E-state index in [4.69, 9.17) is 38.7 Å². The number of rotatable bonds is 5. The van der Waals surface area contributed by atoms with Crippen molar-refractivity contribution in [3.05, 3.63) is 74.0 Å². The minimum Gasteiger partial charge on any atom is -0.398 e. The summed E-state index contributed by atoms with van der Waals surface area (Å²) in [7, 11) is 0. The summed E-state index contributed by atoms with van der Waals surface area (Å²) in [5.74, 6) is -1.95. The molecule has 4 atom stereocenters. The topological polar surface area (TPSA) is 97.0 Å². The summed E-state index contributed by atoms with van der Waals surface area (Å²) in [6, 6.07) is 8.89. The molecule has 0 spiro atoms. The average molecular weight is 592 g/mol. The lowest BCUT2D eigenvalue weighted by Gasteiger charge is -2.37. The van der Waals surface area contributed by atoms with Crippen LogP contribution in [0.3, 0.4) is 0 Å². The molecular formula is C28H29Cl2FN4O3S. The van der Waals surface area contributed by atoms with Gasteiger partial charge in [0.25, 0.3) is 0 Å². The molecular weight excluding hydrogens is 562 g/mol. The number of hydrogen-bond donors (Lipinski definition) is 2. The molecule has 7 nitrogen and oxygen atoms in total. The fraction of sp³-hybridized carbons (Fsp3) is 0.393. The lowest BCUT2D eigenvalue weighted by Crippen LogP contribution is -2.38. The van der Waals surface area contributed by atoms with Crippen molar-refractivity contribution >= 4 is 57.8 Å². The van der Waals surface area contributed by atoms with Crippen LogP contribution in [0.1, 0.15) is 51.3 Å². The van der Waals surface area contributed by atoms with Gasteiger partial charge >= 0.3 is 11.9 Å². The van der Waals surface area contributed by atoms with E-state index in [1.807, 2.05) is 38.7 Å². The number of nitrogens with one attached hydrogen (secondary N) is 1. The highest BCUT2D eigenvalue weighted by Gasteiger charge is 2.53. The van der Waals surface area contributed by atoms with Crippen molar-refractivity contribution in [2.24, 2.45) is 16.8 Å². The molecule has 0 radical (unpaired) electrons. The van der Waals surface area contributed by atoms with E-state index in [-0.39, 0.29) is 16.9 Å². The maximum absolute atomic E-state index is 14.8. The number of halogens is 3. The molecule has 0 bridgehead atoms. The number of allylic oxidation sites excluding steroid dienone is 1. The van der Waals surface area contributed by atoms with E-state index in [2.05, 4.69) is 5.32 Å². The number of nitrogens with zero attached hydrogens (tertiary/aromatic N) is 2. The molecule has 2 aromatic rings. The number of carbonyl (C=O) groups excluding carboxylic acids is 2. The number of ether oxygens (including phenoxy) is 1. The zero-order valence-electron chi connectivity index (χ0n) is 21.9. The van der Waals surface area contributed by atoms with Crippen molar-refractivity contribution < 1.29 is 18.7 Å². The number of esters is 2. The van der Waals surface area contributed by atoms with Gasteiger partial charge in [0.2, 0.25) is 0 Å². The molecule has 39 heavy (non-hydrogen) atoms. The number of nitrogen functional groups attached to an aromatic ring is 1. The van der Waals surface area contributed by atoms with Gasteiger partial charge in [0.1, 0.15) is 22.3 Å². The van der Waals surface area contributed by atoms with Gasteiger partial charge < -0.3 is 20.7 Å². The third-order valence-corrected chi connectivity index (χ3v) is 9.26. The number of fused-ring (bicyclic) bond motifs is 1. The summed E-state index contributed by atoms with van der Waals surface area (Å²) in [4.78, 5) is 33.5. The average Bonchev–Trinajstić information content (AvgIpc) is 3.54. The van der Waals surface area contributed by atoms with Gasteiger partial charge in [-0.15, -0.1) is 0 Å². The Hall–Kier alpha value is -2.59. The van der Waals surface area contributed by atoms with Crippen molar-refractivity contribution in [1.82, 2.24) is 10.2 Å². The van der Waals surface area contributed by atoms with Crippen LogP contribution in [0.25, 0.3) is 0 Å². The van der Waals surface area contributed by atoms with E-state index in [0.717, 1.165) is 23.7 Å². The van der Waals surface area contributed by atoms with Crippen LogP contribution in [0.2, 0.25) is 10.0 Å². The van der Waals surface area contributed by atoms with Crippen molar-refractivity contribution in [2.45, 2.75) is 51.7 Å². The van der Waals surface area contributed by atoms with Gasteiger partial charge in [0, 0.05) is 5.70 Å².